The minimum absolute atomic E-state index is 0.307. The van der Waals surface area contributed by atoms with Crippen molar-refractivity contribution >= 4 is 0 Å². The van der Waals surface area contributed by atoms with Crippen molar-refractivity contribution in [2.45, 2.75) is 37.7 Å². The van der Waals surface area contributed by atoms with Gasteiger partial charge in [0.05, 0.1) is 6.07 Å². The Hall–Kier alpha value is -0.550. The van der Waals surface area contributed by atoms with Crippen molar-refractivity contribution in [3.8, 4) is 6.07 Å². The Morgan fingerprint density at radius 2 is 1.92 bits per heavy atom. The number of nitrogens with zero attached hydrogens (tertiary/aromatic N) is 1. The third-order valence-corrected chi connectivity index (χ3v) is 4.50. The summed E-state index contributed by atoms with van der Waals surface area (Å²) in [5.41, 5.74) is -0.959. The molecule has 0 aromatic carbocycles. The van der Waals surface area contributed by atoms with Crippen LogP contribution in [0.15, 0.2) is 0 Å². The summed E-state index contributed by atoms with van der Waals surface area (Å²) in [7, 11) is 0. The number of rotatable bonds is 0. The summed E-state index contributed by atoms with van der Waals surface area (Å²) in [6.45, 7) is 0. The van der Waals surface area contributed by atoms with Gasteiger partial charge in [-0.25, -0.2) is 0 Å². The monoisotopic (exact) mass is 177 g/mol. The lowest BCUT2D eigenvalue weighted by atomic mass is 9.65. The quantitative estimate of drug-likeness (QED) is 0.572. The molecule has 0 saturated heterocycles. The molecule has 3 bridgehead atoms. The molecular formula is C11H15NO. The molecule has 3 saturated carbocycles. The largest absolute Gasteiger partial charge is 0.375 e. The zero-order valence-electron chi connectivity index (χ0n) is 7.74. The standard InChI is InChI=1S/C11H15NO/c12-6-11(13)5-8-1-7-2-9(3-8)10(11)4-7/h7-10,13H,1-5H2. The van der Waals surface area contributed by atoms with Gasteiger partial charge in [-0.2, -0.15) is 5.26 Å². The van der Waals surface area contributed by atoms with Gasteiger partial charge in [-0.05, 0) is 49.9 Å². The maximum atomic E-state index is 10.2. The number of aliphatic hydroxyl groups is 1. The van der Waals surface area contributed by atoms with Crippen LogP contribution in [0.1, 0.15) is 32.1 Å². The SMILES string of the molecule is N#CC1(O)CC2CC3CC(C2)C1C3. The first-order valence-electron chi connectivity index (χ1n) is 5.35. The molecule has 1 N–H and O–H groups in total. The van der Waals surface area contributed by atoms with E-state index < -0.39 is 5.60 Å². The fraction of sp³-hybridized carbons (Fsp3) is 0.909. The number of hydrogen-bond acceptors (Lipinski definition) is 2. The number of fused-ring (bicyclic) bond motifs is 2. The molecule has 0 aliphatic heterocycles. The molecule has 3 aliphatic carbocycles. The van der Waals surface area contributed by atoms with Gasteiger partial charge < -0.3 is 5.11 Å². The fourth-order valence-corrected chi connectivity index (χ4v) is 4.16. The van der Waals surface area contributed by atoms with E-state index in [0.717, 1.165) is 18.8 Å². The van der Waals surface area contributed by atoms with Crippen molar-refractivity contribution in [1.82, 2.24) is 0 Å². The normalized spacial score (nSPS) is 57.8. The van der Waals surface area contributed by atoms with E-state index in [2.05, 4.69) is 6.07 Å². The van der Waals surface area contributed by atoms with Crippen LogP contribution in [0.2, 0.25) is 0 Å². The highest BCUT2D eigenvalue weighted by molar-refractivity contribution is 5.14. The predicted octanol–water partition coefficient (Wildman–Crippen LogP) is 1.70. The second-order valence-corrected chi connectivity index (χ2v) is 5.28. The second kappa shape index (κ2) is 2.27. The van der Waals surface area contributed by atoms with E-state index >= 15 is 0 Å². The molecule has 5 atom stereocenters. The summed E-state index contributed by atoms with van der Waals surface area (Å²) < 4.78 is 0. The van der Waals surface area contributed by atoms with Gasteiger partial charge in [-0.15, -0.1) is 0 Å². The van der Waals surface area contributed by atoms with Crippen LogP contribution in [-0.4, -0.2) is 10.7 Å². The molecule has 0 aromatic heterocycles. The van der Waals surface area contributed by atoms with Gasteiger partial charge in [0.25, 0.3) is 0 Å². The second-order valence-electron chi connectivity index (χ2n) is 5.28. The van der Waals surface area contributed by atoms with Crippen LogP contribution >= 0.6 is 0 Å². The van der Waals surface area contributed by atoms with Gasteiger partial charge in [-0.1, -0.05) is 0 Å². The Kier molecular flexibility index (Phi) is 1.37. The molecule has 3 fully saturated rings. The topological polar surface area (TPSA) is 44.0 Å². The van der Waals surface area contributed by atoms with Crippen LogP contribution in [-0.2, 0) is 0 Å². The van der Waals surface area contributed by atoms with Gasteiger partial charge in [0.1, 0.15) is 0 Å². The lowest BCUT2D eigenvalue weighted by Gasteiger charge is -2.41. The summed E-state index contributed by atoms with van der Waals surface area (Å²) >= 11 is 0. The van der Waals surface area contributed by atoms with Gasteiger partial charge in [0.2, 0.25) is 0 Å². The average Bonchev–Trinajstić information content (AvgIpc) is 2.36. The van der Waals surface area contributed by atoms with Crippen LogP contribution < -0.4 is 0 Å². The third-order valence-electron chi connectivity index (χ3n) is 4.50. The van der Waals surface area contributed by atoms with E-state index in [0.29, 0.717) is 17.8 Å². The summed E-state index contributed by atoms with van der Waals surface area (Å²) in [5, 5.41) is 19.2. The van der Waals surface area contributed by atoms with Crippen molar-refractivity contribution in [1.29, 1.82) is 5.26 Å². The summed E-state index contributed by atoms with van der Waals surface area (Å²) in [5.74, 6) is 2.45. The Balaban J connectivity index is 2.01. The smallest absolute Gasteiger partial charge is 0.154 e. The van der Waals surface area contributed by atoms with Crippen molar-refractivity contribution in [2.75, 3.05) is 0 Å². The van der Waals surface area contributed by atoms with E-state index in [9.17, 15) is 5.11 Å². The molecule has 3 aliphatic rings. The highest BCUT2D eigenvalue weighted by atomic mass is 16.3. The van der Waals surface area contributed by atoms with Gasteiger partial charge >= 0.3 is 0 Å². The molecule has 3 rings (SSSR count). The predicted molar refractivity (Wildman–Crippen MR) is 47.6 cm³/mol. The highest BCUT2D eigenvalue weighted by Crippen LogP contribution is 2.58. The summed E-state index contributed by atoms with van der Waals surface area (Å²) in [6.07, 6.45) is 5.71. The molecule has 0 amide bonds. The highest BCUT2D eigenvalue weighted by Gasteiger charge is 2.55. The summed E-state index contributed by atoms with van der Waals surface area (Å²) in [4.78, 5) is 0. The maximum Gasteiger partial charge on any atom is 0.154 e. The molecule has 13 heavy (non-hydrogen) atoms. The fourth-order valence-electron chi connectivity index (χ4n) is 4.16. The van der Waals surface area contributed by atoms with Crippen molar-refractivity contribution in [2.24, 2.45) is 23.7 Å². The van der Waals surface area contributed by atoms with E-state index in [1.165, 1.54) is 19.3 Å². The molecule has 0 heterocycles. The first-order chi connectivity index (χ1) is 6.21. The van der Waals surface area contributed by atoms with Gasteiger partial charge in [0.15, 0.2) is 5.60 Å². The minimum Gasteiger partial charge on any atom is -0.375 e. The van der Waals surface area contributed by atoms with Gasteiger partial charge in [-0.3, -0.25) is 0 Å². The van der Waals surface area contributed by atoms with Crippen molar-refractivity contribution < 1.29 is 5.11 Å². The molecular weight excluding hydrogens is 162 g/mol. The van der Waals surface area contributed by atoms with Crippen LogP contribution in [0, 0.1) is 35.0 Å². The van der Waals surface area contributed by atoms with E-state index in [-0.39, 0.29) is 0 Å². The van der Waals surface area contributed by atoms with Crippen molar-refractivity contribution in [3.63, 3.8) is 0 Å². The molecule has 0 radical (unpaired) electrons. The maximum absolute atomic E-state index is 10.2. The van der Waals surface area contributed by atoms with Crippen LogP contribution in [0.5, 0.6) is 0 Å². The first kappa shape index (κ1) is 7.82. The Labute approximate surface area is 78.6 Å². The molecule has 5 unspecified atom stereocenters. The zero-order chi connectivity index (χ0) is 9.05. The molecule has 70 valence electrons. The van der Waals surface area contributed by atoms with Crippen molar-refractivity contribution in [3.05, 3.63) is 0 Å². The Morgan fingerprint density at radius 3 is 2.69 bits per heavy atom. The molecule has 0 spiro atoms. The van der Waals surface area contributed by atoms with Crippen LogP contribution in [0.4, 0.5) is 0 Å². The molecule has 2 nitrogen and oxygen atoms in total. The van der Waals surface area contributed by atoms with Crippen LogP contribution in [0.3, 0.4) is 0 Å². The van der Waals surface area contributed by atoms with Crippen LogP contribution in [0.25, 0.3) is 0 Å². The average molecular weight is 177 g/mol. The van der Waals surface area contributed by atoms with E-state index in [4.69, 9.17) is 5.26 Å². The van der Waals surface area contributed by atoms with E-state index in [1.807, 2.05) is 0 Å². The summed E-state index contributed by atoms with van der Waals surface area (Å²) in [6, 6.07) is 2.16. The minimum atomic E-state index is -0.959. The molecule has 2 heteroatoms. The van der Waals surface area contributed by atoms with E-state index in [1.54, 1.807) is 0 Å². The lowest BCUT2D eigenvalue weighted by Crippen LogP contribution is -2.44. The van der Waals surface area contributed by atoms with Gasteiger partial charge in [0, 0.05) is 5.92 Å². The zero-order valence-corrected chi connectivity index (χ0v) is 7.74. The number of nitriles is 1. The number of hydrogen-bond donors (Lipinski definition) is 1. The Morgan fingerprint density at radius 1 is 1.15 bits per heavy atom. The first-order valence-corrected chi connectivity index (χ1v) is 5.35. The lowest BCUT2D eigenvalue weighted by molar-refractivity contribution is -0.0367. The third kappa shape index (κ3) is 0.914. The Bertz CT molecular complexity index is 280. The molecule has 0 aromatic rings.